The fourth-order valence-electron chi connectivity index (χ4n) is 6.29. The van der Waals surface area contributed by atoms with Crippen molar-refractivity contribution in [3.8, 4) is 33.5 Å². The van der Waals surface area contributed by atoms with Crippen LogP contribution in [0, 0.1) is 0 Å². The van der Waals surface area contributed by atoms with Crippen molar-refractivity contribution in [3.05, 3.63) is 156 Å². The third kappa shape index (κ3) is 3.53. The molecule has 3 heterocycles. The van der Waals surface area contributed by atoms with Gasteiger partial charge >= 0.3 is 0 Å². The quantitative estimate of drug-likeness (QED) is 0.171. The van der Waals surface area contributed by atoms with Crippen molar-refractivity contribution in [3.63, 3.8) is 0 Å². The van der Waals surface area contributed by atoms with E-state index in [1.54, 1.807) is 0 Å². The van der Waals surface area contributed by atoms with Crippen molar-refractivity contribution in [1.82, 2.24) is 9.38 Å². The van der Waals surface area contributed by atoms with Gasteiger partial charge in [0.25, 0.3) is 5.56 Å². The molecule has 41 heavy (non-hydrogen) atoms. The van der Waals surface area contributed by atoms with E-state index in [4.69, 9.17) is 4.98 Å². The molecular formula is C38H24N2O. The van der Waals surface area contributed by atoms with E-state index in [1.807, 2.05) is 65.2 Å². The second-order valence-electron chi connectivity index (χ2n) is 10.3. The van der Waals surface area contributed by atoms with Crippen molar-refractivity contribution < 1.29 is 0 Å². The average molecular weight is 525 g/mol. The highest BCUT2D eigenvalue weighted by atomic mass is 16.1. The summed E-state index contributed by atoms with van der Waals surface area (Å²) in [4.78, 5) is 19.9. The predicted octanol–water partition coefficient (Wildman–Crippen LogP) is 9.16. The maximum Gasteiger partial charge on any atom is 0.264 e. The first-order valence-corrected chi connectivity index (χ1v) is 13.8. The minimum atomic E-state index is -0.0462. The van der Waals surface area contributed by atoms with E-state index in [-0.39, 0.29) is 5.56 Å². The normalized spacial score (nSPS) is 11.5. The second kappa shape index (κ2) is 9.29. The van der Waals surface area contributed by atoms with Gasteiger partial charge in [-0.1, -0.05) is 133 Å². The van der Waals surface area contributed by atoms with Crippen molar-refractivity contribution in [2.24, 2.45) is 0 Å². The molecule has 0 spiro atoms. The van der Waals surface area contributed by atoms with Gasteiger partial charge in [0.05, 0.1) is 22.1 Å². The van der Waals surface area contributed by atoms with Gasteiger partial charge in [-0.05, 0) is 28.1 Å². The van der Waals surface area contributed by atoms with Crippen LogP contribution in [0.2, 0.25) is 0 Å². The fourth-order valence-corrected chi connectivity index (χ4v) is 6.29. The standard InChI is InChI=1S/C38H24N2O/c41-38-35-30-22-12-13-23-32(30)39-24-31(35)34(26-16-6-2-7-17-26)37-29-21-11-10-20-28(29)33(25-14-4-1-5-15-25)36(40(37)38)27-18-8-3-9-19-27/h1-24H. The van der Waals surface area contributed by atoms with Crippen LogP contribution < -0.4 is 5.56 Å². The zero-order valence-electron chi connectivity index (χ0n) is 22.2. The van der Waals surface area contributed by atoms with Gasteiger partial charge in [-0.15, -0.1) is 0 Å². The molecule has 5 aromatic carbocycles. The third-order valence-electron chi connectivity index (χ3n) is 8.01. The molecule has 192 valence electrons. The molecule has 3 heteroatoms. The van der Waals surface area contributed by atoms with Crippen LogP contribution in [0.5, 0.6) is 0 Å². The number of hydrogen-bond donors (Lipinski definition) is 0. The van der Waals surface area contributed by atoms with E-state index >= 15 is 4.79 Å². The Labute approximate surface area is 236 Å². The Morgan fingerprint density at radius 3 is 1.63 bits per heavy atom. The van der Waals surface area contributed by atoms with Gasteiger partial charge < -0.3 is 0 Å². The molecule has 0 aliphatic heterocycles. The van der Waals surface area contributed by atoms with E-state index in [9.17, 15) is 0 Å². The van der Waals surface area contributed by atoms with E-state index < -0.39 is 0 Å². The zero-order valence-corrected chi connectivity index (χ0v) is 22.2. The van der Waals surface area contributed by atoms with Crippen LogP contribution in [-0.4, -0.2) is 9.38 Å². The number of benzene rings is 5. The van der Waals surface area contributed by atoms with Gasteiger partial charge in [-0.3, -0.25) is 14.2 Å². The van der Waals surface area contributed by atoms with Gasteiger partial charge in [0.1, 0.15) is 0 Å². The van der Waals surface area contributed by atoms with Crippen LogP contribution in [0.1, 0.15) is 0 Å². The number of pyridine rings is 3. The lowest BCUT2D eigenvalue weighted by Crippen LogP contribution is -2.19. The molecule has 0 fully saturated rings. The lowest BCUT2D eigenvalue weighted by Gasteiger charge is -2.22. The molecule has 0 amide bonds. The van der Waals surface area contributed by atoms with Crippen molar-refractivity contribution in [2.45, 2.75) is 0 Å². The summed E-state index contributed by atoms with van der Waals surface area (Å²) in [5.41, 5.74) is 7.68. The fraction of sp³-hybridized carbons (Fsp3) is 0. The Balaban J connectivity index is 1.76. The highest BCUT2D eigenvalue weighted by Gasteiger charge is 2.24. The first-order chi connectivity index (χ1) is 20.3. The van der Waals surface area contributed by atoms with Crippen LogP contribution >= 0.6 is 0 Å². The van der Waals surface area contributed by atoms with Crippen molar-refractivity contribution >= 4 is 38.0 Å². The molecule has 0 atom stereocenters. The van der Waals surface area contributed by atoms with E-state index in [0.717, 1.165) is 66.1 Å². The minimum Gasteiger partial charge on any atom is -0.274 e. The summed E-state index contributed by atoms with van der Waals surface area (Å²) in [6.07, 6.45) is 1.88. The van der Waals surface area contributed by atoms with Crippen molar-refractivity contribution in [1.29, 1.82) is 0 Å². The minimum absolute atomic E-state index is 0.0462. The van der Waals surface area contributed by atoms with Gasteiger partial charge in [0.15, 0.2) is 0 Å². The Morgan fingerprint density at radius 1 is 0.463 bits per heavy atom. The maximum atomic E-state index is 15.0. The monoisotopic (exact) mass is 524 g/mol. The Morgan fingerprint density at radius 2 is 0.976 bits per heavy atom. The van der Waals surface area contributed by atoms with Crippen LogP contribution in [0.15, 0.2) is 151 Å². The summed E-state index contributed by atoms with van der Waals surface area (Å²) in [5, 5.41) is 4.52. The molecule has 0 aliphatic rings. The summed E-state index contributed by atoms with van der Waals surface area (Å²) < 4.78 is 1.97. The molecule has 0 N–H and O–H groups in total. The molecule has 0 aliphatic carbocycles. The summed E-state index contributed by atoms with van der Waals surface area (Å²) in [5.74, 6) is 0. The largest absolute Gasteiger partial charge is 0.274 e. The van der Waals surface area contributed by atoms with Crippen LogP contribution in [0.4, 0.5) is 0 Å². The molecule has 0 saturated carbocycles. The number of para-hydroxylation sites is 1. The van der Waals surface area contributed by atoms with Crippen LogP contribution in [-0.2, 0) is 0 Å². The lowest BCUT2D eigenvalue weighted by atomic mass is 9.89. The Kier molecular flexibility index (Phi) is 5.29. The molecular weight excluding hydrogens is 500 g/mol. The van der Waals surface area contributed by atoms with Crippen LogP contribution in [0.3, 0.4) is 0 Å². The Bertz CT molecular complexity index is 2310. The molecule has 0 bridgehead atoms. The second-order valence-corrected chi connectivity index (χ2v) is 10.3. The van der Waals surface area contributed by atoms with Crippen molar-refractivity contribution in [2.75, 3.05) is 0 Å². The maximum absolute atomic E-state index is 15.0. The van der Waals surface area contributed by atoms with Crippen LogP contribution in [0.25, 0.3) is 71.5 Å². The van der Waals surface area contributed by atoms with Gasteiger partial charge in [0.2, 0.25) is 0 Å². The molecule has 3 aromatic heterocycles. The van der Waals surface area contributed by atoms with Gasteiger partial charge in [0, 0.05) is 33.5 Å². The average Bonchev–Trinajstić information content (AvgIpc) is 3.05. The first-order valence-electron chi connectivity index (χ1n) is 13.8. The summed E-state index contributed by atoms with van der Waals surface area (Å²) >= 11 is 0. The first kappa shape index (κ1) is 23.4. The Hall–Kier alpha value is -5.54. The molecule has 8 rings (SSSR count). The zero-order chi connectivity index (χ0) is 27.3. The molecule has 0 radical (unpaired) electrons. The number of rotatable bonds is 3. The van der Waals surface area contributed by atoms with E-state index in [2.05, 4.69) is 84.9 Å². The number of nitrogens with zero attached hydrogens (tertiary/aromatic N) is 2. The third-order valence-corrected chi connectivity index (χ3v) is 8.01. The lowest BCUT2D eigenvalue weighted by molar-refractivity contribution is 1.14. The summed E-state index contributed by atoms with van der Waals surface area (Å²) in [6, 6.07) is 47.4. The highest BCUT2D eigenvalue weighted by molar-refractivity contribution is 6.20. The van der Waals surface area contributed by atoms with E-state index in [0.29, 0.717) is 5.39 Å². The highest BCUT2D eigenvalue weighted by Crippen LogP contribution is 2.44. The molecule has 0 saturated heterocycles. The van der Waals surface area contributed by atoms with E-state index in [1.165, 1.54) is 0 Å². The smallest absolute Gasteiger partial charge is 0.264 e. The number of hydrogen-bond acceptors (Lipinski definition) is 2. The molecule has 3 nitrogen and oxygen atoms in total. The summed E-state index contributed by atoms with van der Waals surface area (Å²) in [6.45, 7) is 0. The topological polar surface area (TPSA) is 34.4 Å². The summed E-state index contributed by atoms with van der Waals surface area (Å²) in [7, 11) is 0. The SMILES string of the molecule is O=c1c2c(cnc3ccccc32)c(-c2ccccc2)c2c3ccccc3c(-c3ccccc3)c(-c3ccccc3)n12. The predicted molar refractivity (Wildman–Crippen MR) is 170 cm³/mol. The molecule has 8 aromatic rings. The number of fused-ring (bicyclic) bond motifs is 6. The van der Waals surface area contributed by atoms with Gasteiger partial charge in [-0.2, -0.15) is 0 Å². The molecule has 0 unspecified atom stereocenters. The van der Waals surface area contributed by atoms with Gasteiger partial charge in [-0.25, -0.2) is 0 Å². The number of aromatic nitrogens is 2.